The van der Waals surface area contributed by atoms with Gasteiger partial charge < -0.3 is 9.72 Å². The van der Waals surface area contributed by atoms with E-state index in [4.69, 9.17) is 0 Å². The minimum absolute atomic E-state index is 0.245. The van der Waals surface area contributed by atoms with Crippen LogP contribution in [0.3, 0.4) is 0 Å². The number of carbonyl (C=O) groups is 1. The summed E-state index contributed by atoms with van der Waals surface area (Å²) < 4.78 is 42.0. The van der Waals surface area contributed by atoms with Crippen LogP contribution in [0.2, 0.25) is 0 Å². The molecule has 96 valence electrons. The fourth-order valence-electron chi connectivity index (χ4n) is 1.31. The fourth-order valence-corrected chi connectivity index (χ4v) is 1.31. The van der Waals surface area contributed by atoms with Crippen molar-refractivity contribution in [2.75, 3.05) is 7.11 Å². The average Bonchev–Trinajstić information content (AvgIpc) is 2.80. The van der Waals surface area contributed by atoms with Gasteiger partial charge in [0.1, 0.15) is 5.35 Å². The maximum atomic E-state index is 12.5. The van der Waals surface area contributed by atoms with Gasteiger partial charge in [0, 0.05) is 0 Å². The topological polar surface area (TPSA) is 89.3 Å². The number of alkyl halides is 3. The van der Waals surface area contributed by atoms with Crippen molar-refractivity contribution in [1.29, 1.82) is 0 Å². The van der Waals surface area contributed by atoms with Gasteiger partial charge in [0.05, 0.1) is 13.2 Å². The van der Waals surface area contributed by atoms with Crippen LogP contribution >= 0.6 is 0 Å². The summed E-state index contributed by atoms with van der Waals surface area (Å²) >= 11 is 0. The lowest BCUT2D eigenvalue weighted by Gasteiger charge is -1.99. The van der Waals surface area contributed by atoms with Crippen molar-refractivity contribution in [3.8, 4) is 0 Å². The molecule has 18 heavy (non-hydrogen) atoms. The molecular weight excluding hydrogens is 257 g/mol. The highest BCUT2D eigenvalue weighted by molar-refractivity contribution is 5.99. The van der Waals surface area contributed by atoms with Gasteiger partial charge in [-0.15, -0.1) is 10.2 Å². The van der Waals surface area contributed by atoms with Crippen molar-refractivity contribution in [2.45, 2.75) is 6.18 Å². The molecule has 2 heterocycles. The van der Waals surface area contributed by atoms with Crippen molar-refractivity contribution < 1.29 is 22.7 Å². The molecule has 2 rings (SSSR count). The Morgan fingerprint density at radius 1 is 1.44 bits per heavy atom. The standard InChI is InChI=1S/C8H5F3N4O3/c1-18-4(16)2-3-5(17)15-6(8(9,10)11)13-14-7(15)12-3/h2H,1H3,(H,12,14)/b3-2-. The molecule has 0 aromatic carbocycles. The van der Waals surface area contributed by atoms with Crippen molar-refractivity contribution >= 4 is 17.8 Å². The lowest BCUT2D eigenvalue weighted by atomic mass is 10.5. The molecule has 0 spiro atoms. The van der Waals surface area contributed by atoms with E-state index in [1.807, 2.05) is 0 Å². The molecule has 2 aromatic heterocycles. The molecule has 7 nitrogen and oxygen atoms in total. The number of hydrogen-bond acceptors (Lipinski definition) is 5. The average molecular weight is 262 g/mol. The predicted octanol–water partition coefficient (Wildman–Crippen LogP) is -0.891. The summed E-state index contributed by atoms with van der Waals surface area (Å²) in [5.74, 6) is -2.73. The molecule has 10 heteroatoms. The van der Waals surface area contributed by atoms with Gasteiger partial charge in [0.15, 0.2) is 0 Å². The first kappa shape index (κ1) is 12.1. The number of methoxy groups -OCH3 is 1. The quantitative estimate of drug-likeness (QED) is 0.673. The molecule has 0 fully saturated rings. The Morgan fingerprint density at radius 2 is 2.11 bits per heavy atom. The predicted molar refractivity (Wildman–Crippen MR) is 50.3 cm³/mol. The van der Waals surface area contributed by atoms with Gasteiger partial charge in [0.25, 0.3) is 5.56 Å². The third-order valence-electron chi connectivity index (χ3n) is 2.06. The Kier molecular flexibility index (Phi) is 2.56. The maximum Gasteiger partial charge on any atom is 0.452 e. The van der Waals surface area contributed by atoms with Crippen LogP contribution in [0.25, 0.3) is 11.9 Å². The van der Waals surface area contributed by atoms with Gasteiger partial charge >= 0.3 is 12.1 Å². The highest BCUT2D eigenvalue weighted by Gasteiger charge is 2.38. The van der Waals surface area contributed by atoms with E-state index in [1.54, 1.807) is 0 Å². The van der Waals surface area contributed by atoms with Crippen LogP contribution in [0.4, 0.5) is 13.2 Å². The number of fused-ring (bicyclic) bond motifs is 1. The summed E-state index contributed by atoms with van der Waals surface area (Å²) in [7, 11) is 1.07. The highest BCUT2D eigenvalue weighted by Crippen LogP contribution is 2.26. The number of nitrogens with one attached hydrogen (secondary N) is 1. The number of halogens is 3. The molecular formula is C8H5F3N4O3. The highest BCUT2D eigenvalue weighted by atomic mass is 19.4. The molecule has 0 amide bonds. The minimum Gasteiger partial charge on any atom is -0.466 e. The maximum absolute atomic E-state index is 12.5. The van der Waals surface area contributed by atoms with E-state index in [9.17, 15) is 22.8 Å². The molecule has 0 radical (unpaired) electrons. The van der Waals surface area contributed by atoms with Crippen molar-refractivity contribution in [3.63, 3.8) is 0 Å². The van der Waals surface area contributed by atoms with Crippen LogP contribution in [0.1, 0.15) is 5.82 Å². The van der Waals surface area contributed by atoms with E-state index in [1.165, 1.54) is 0 Å². The monoisotopic (exact) mass is 262 g/mol. The van der Waals surface area contributed by atoms with Crippen molar-refractivity contribution in [2.24, 2.45) is 0 Å². The summed E-state index contributed by atoms with van der Waals surface area (Å²) in [5.41, 5.74) is -1.08. The number of ether oxygens (including phenoxy) is 1. The summed E-state index contributed by atoms with van der Waals surface area (Å²) in [6, 6.07) is 0. The van der Waals surface area contributed by atoms with Gasteiger partial charge in [-0.25, -0.2) is 9.20 Å². The molecule has 0 unspecified atom stereocenters. The third-order valence-corrected chi connectivity index (χ3v) is 2.06. The second-order valence-corrected chi connectivity index (χ2v) is 3.19. The van der Waals surface area contributed by atoms with Crippen LogP contribution in [0, 0.1) is 0 Å². The zero-order valence-corrected chi connectivity index (χ0v) is 8.78. The number of imidazole rings is 1. The lowest BCUT2D eigenvalue weighted by Crippen LogP contribution is -2.29. The van der Waals surface area contributed by atoms with E-state index in [2.05, 4.69) is 19.9 Å². The number of aromatic nitrogens is 4. The number of hydrogen-bond donors (Lipinski definition) is 1. The molecule has 1 N–H and O–H groups in total. The number of rotatable bonds is 1. The fraction of sp³-hybridized carbons (Fsp3) is 0.250. The van der Waals surface area contributed by atoms with E-state index in [0.717, 1.165) is 13.2 Å². The van der Waals surface area contributed by atoms with Gasteiger partial charge in [-0.3, -0.25) is 4.79 Å². The van der Waals surface area contributed by atoms with Crippen LogP contribution < -0.4 is 10.9 Å². The molecule has 0 saturated carbocycles. The molecule has 0 aliphatic heterocycles. The zero-order valence-electron chi connectivity index (χ0n) is 8.78. The summed E-state index contributed by atoms with van der Waals surface area (Å²) in [5, 5.41) is 5.66. The molecule has 0 aliphatic rings. The normalized spacial score (nSPS) is 13.2. The van der Waals surface area contributed by atoms with Gasteiger partial charge in [-0.2, -0.15) is 13.2 Å². The molecule has 0 saturated heterocycles. The molecule has 0 bridgehead atoms. The first-order chi connectivity index (χ1) is 8.34. The van der Waals surface area contributed by atoms with Crippen LogP contribution in [0.15, 0.2) is 4.79 Å². The number of nitrogens with zero attached hydrogens (tertiary/aromatic N) is 3. The molecule has 0 atom stereocenters. The van der Waals surface area contributed by atoms with E-state index in [-0.39, 0.29) is 9.75 Å². The Labute approximate surface area is 95.9 Å². The minimum atomic E-state index is -4.82. The van der Waals surface area contributed by atoms with E-state index in [0.29, 0.717) is 0 Å². The lowest BCUT2D eigenvalue weighted by molar-refractivity contribution is -0.145. The van der Waals surface area contributed by atoms with E-state index < -0.39 is 29.3 Å². The first-order valence-electron chi connectivity index (χ1n) is 4.48. The van der Waals surface area contributed by atoms with Crippen LogP contribution in [-0.4, -0.2) is 32.7 Å². The number of esters is 1. The summed E-state index contributed by atoms with van der Waals surface area (Å²) in [4.78, 5) is 24.8. The summed E-state index contributed by atoms with van der Waals surface area (Å²) in [6.07, 6.45) is -4.08. The van der Waals surface area contributed by atoms with Crippen molar-refractivity contribution in [3.05, 3.63) is 21.5 Å². The number of carbonyl (C=O) groups excluding carboxylic acids is 1. The largest absolute Gasteiger partial charge is 0.466 e. The number of aromatic amines is 1. The Balaban J connectivity index is 2.74. The smallest absolute Gasteiger partial charge is 0.452 e. The van der Waals surface area contributed by atoms with E-state index >= 15 is 0 Å². The Bertz CT molecular complexity index is 714. The van der Waals surface area contributed by atoms with Gasteiger partial charge in [0.2, 0.25) is 11.6 Å². The van der Waals surface area contributed by atoms with Gasteiger partial charge in [-0.1, -0.05) is 0 Å². The number of H-pyrrole nitrogens is 1. The zero-order chi connectivity index (χ0) is 13.5. The molecule has 2 aromatic rings. The van der Waals surface area contributed by atoms with Crippen LogP contribution in [0.5, 0.6) is 0 Å². The van der Waals surface area contributed by atoms with Crippen LogP contribution in [-0.2, 0) is 15.7 Å². The van der Waals surface area contributed by atoms with Crippen molar-refractivity contribution in [1.82, 2.24) is 19.6 Å². The summed E-state index contributed by atoms with van der Waals surface area (Å²) in [6.45, 7) is 0. The first-order valence-corrected chi connectivity index (χ1v) is 4.48. The second kappa shape index (κ2) is 3.82. The Hall–Kier alpha value is -2.39. The third kappa shape index (κ3) is 1.81. The SMILES string of the molecule is COC(=O)/C=c1\[nH]c2nnc(C(F)(F)F)n2c1=O. The molecule has 0 aliphatic carbocycles. The second-order valence-electron chi connectivity index (χ2n) is 3.19. The van der Waals surface area contributed by atoms with Gasteiger partial charge in [-0.05, 0) is 0 Å². The Morgan fingerprint density at radius 3 is 2.67 bits per heavy atom.